The van der Waals surface area contributed by atoms with Gasteiger partial charge in [0.15, 0.2) is 6.61 Å². The predicted octanol–water partition coefficient (Wildman–Crippen LogP) is 4.87. The molecule has 0 aliphatic carbocycles. The van der Waals surface area contributed by atoms with Gasteiger partial charge >= 0.3 is 0 Å². The van der Waals surface area contributed by atoms with E-state index in [1.165, 1.54) is 0 Å². The summed E-state index contributed by atoms with van der Waals surface area (Å²) in [5.74, 6) is 0.112. The third kappa shape index (κ3) is 5.32. The summed E-state index contributed by atoms with van der Waals surface area (Å²) < 4.78 is 6.59. The topological polar surface area (TPSA) is 67.4 Å². The quantitative estimate of drug-likeness (QED) is 0.489. The Labute approximate surface area is 177 Å². The lowest BCUT2D eigenvalue weighted by Gasteiger charge is -2.13. The van der Waals surface area contributed by atoms with Crippen molar-refractivity contribution < 1.29 is 14.3 Å². The second-order valence-corrected chi connectivity index (χ2v) is 7.33. The van der Waals surface area contributed by atoms with E-state index in [1.54, 1.807) is 25.1 Å². The van der Waals surface area contributed by atoms with E-state index in [2.05, 4.69) is 33.2 Å². The molecule has 0 aliphatic rings. The molecule has 0 unspecified atom stereocenters. The highest BCUT2D eigenvalue weighted by atomic mass is 127. The van der Waals surface area contributed by atoms with Crippen LogP contribution < -0.4 is 15.4 Å². The highest BCUT2D eigenvalue weighted by Gasteiger charge is 2.14. The number of amides is 2. The van der Waals surface area contributed by atoms with Crippen molar-refractivity contribution in [1.82, 2.24) is 0 Å². The van der Waals surface area contributed by atoms with Crippen molar-refractivity contribution in [3.8, 4) is 5.75 Å². The van der Waals surface area contributed by atoms with Gasteiger partial charge in [0.05, 0.1) is 0 Å². The Bertz CT molecular complexity index is 973. The standard InChI is InChI=1S/C22H19IN2O3/c1-15-19(22(27)24-17-6-3-2-4-7-17)8-5-9-20(15)25-21(26)14-28-18-12-10-16(23)11-13-18/h2-13H,14H2,1H3,(H,24,27)(H,25,26). The summed E-state index contributed by atoms with van der Waals surface area (Å²) in [5, 5.41) is 5.66. The molecule has 0 heterocycles. The van der Waals surface area contributed by atoms with Gasteiger partial charge in [-0.1, -0.05) is 24.3 Å². The maximum absolute atomic E-state index is 12.6. The summed E-state index contributed by atoms with van der Waals surface area (Å²) in [4.78, 5) is 24.8. The lowest BCUT2D eigenvalue weighted by atomic mass is 10.1. The van der Waals surface area contributed by atoms with E-state index >= 15 is 0 Å². The van der Waals surface area contributed by atoms with Crippen molar-refractivity contribution in [3.05, 3.63) is 87.5 Å². The van der Waals surface area contributed by atoms with Gasteiger partial charge in [-0.2, -0.15) is 0 Å². The Morgan fingerprint density at radius 1 is 0.893 bits per heavy atom. The second-order valence-electron chi connectivity index (χ2n) is 6.09. The van der Waals surface area contributed by atoms with Gasteiger partial charge in [0, 0.05) is 20.5 Å². The largest absolute Gasteiger partial charge is 0.484 e. The van der Waals surface area contributed by atoms with E-state index in [0.29, 0.717) is 28.3 Å². The van der Waals surface area contributed by atoms with Crippen molar-refractivity contribution in [2.75, 3.05) is 17.2 Å². The van der Waals surface area contributed by atoms with Gasteiger partial charge in [-0.3, -0.25) is 9.59 Å². The number of benzene rings is 3. The van der Waals surface area contributed by atoms with Crippen molar-refractivity contribution in [1.29, 1.82) is 0 Å². The van der Waals surface area contributed by atoms with Crippen LogP contribution in [0.4, 0.5) is 11.4 Å². The number of ether oxygens (including phenoxy) is 1. The zero-order valence-corrected chi connectivity index (χ0v) is 17.4. The van der Waals surface area contributed by atoms with E-state index in [9.17, 15) is 9.59 Å². The molecule has 6 heteroatoms. The average Bonchev–Trinajstić information content (AvgIpc) is 2.70. The summed E-state index contributed by atoms with van der Waals surface area (Å²) >= 11 is 2.20. The van der Waals surface area contributed by atoms with Crippen LogP contribution in [0.25, 0.3) is 0 Å². The van der Waals surface area contributed by atoms with Crippen LogP contribution in [0, 0.1) is 10.5 Å². The van der Waals surface area contributed by atoms with E-state index in [1.807, 2.05) is 54.6 Å². The molecule has 3 aromatic rings. The lowest BCUT2D eigenvalue weighted by Crippen LogP contribution is -2.21. The van der Waals surface area contributed by atoms with E-state index < -0.39 is 0 Å². The summed E-state index contributed by atoms with van der Waals surface area (Å²) in [5.41, 5.74) is 2.49. The number of para-hydroxylation sites is 1. The maximum atomic E-state index is 12.6. The molecule has 0 aromatic heterocycles. The fourth-order valence-corrected chi connectivity index (χ4v) is 2.96. The zero-order chi connectivity index (χ0) is 19.9. The highest BCUT2D eigenvalue weighted by molar-refractivity contribution is 14.1. The summed E-state index contributed by atoms with van der Waals surface area (Å²) in [6.07, 6.45) is 0. The van der Waals surface area contributed by atoms with Crippen LogP contribution in [0.3, 0.4) is 0 Å². The van der Waals surface area contributed by atoms with Crippen molar-refractivity contribution in [2.24, 2.45) is 0 Å². The van der Waals surface area contributed by atoms with Gasteiger partial charge in [0.25, 0.3) is 11.8 Å². The van der Waals surface area contributed by atoms with Crippen LogP contribution in [0.5, 0.6) is 5.75 Å². The summed E-state index contributed by atoms with van der Waals surface area (Å²) in [6.45, 7) is 1.69. The summed E-state index contributed by atoms with van der Waals surface area (Å²) in [7, 11) is 0. The Morgan fingerprint density at radius 2 is 1.61 bits per heavy atom. The number of halogens is 1. The minimum atomic E-state index is -0.290. The van der Waals surface area contributed by atoms with Crippen LogP contribution in [0.2, 0.25) is 0 Å². The molecule has 2 amide bonds. The van der Waals surface area contributed by atoms with Crippen LogP contribution >= 0.6 is 22.6 Å². The molecule has 2 N–H and O–H groups in total. The first kappa shape index (κ1) is 19.9. The third-order valence-corrected chi connectivity index (χ3v) is 4.79. The fourth-order valence-electron chi connectivity index (χ4n) is 2.60. The van der Waals surface area contributed by atoms with Crippen LogP contribution in [0.1, 0.15) is 15.9 Å². The molecule has 0 atom stereocenters. The number of nitrogens with one attached hydrogen (secondary N) is 2. The normalized spacial score (nSPS) is 10.2. The van der Waals surface area contributed by atoms with E-state index in [-0.39, 0.29) is 18.4 Å². The minimum absolute atomic E-state index is 0.111. The Hall–Kier alpha value is -2.87. The highest BCUT2D eigenvalue weighted by Crippen LogP contribution is 2.20. The van der Waals surface area contributed by atoms with Gasteiger partial charge in [0.2, 0.25) is 0 Å². The lowest BCUT2D eigenvalue weighted by molar-refractivity contribution is -0.118. The second kappa shape index (κ2) is 9.36. The number of carbonyl (C=O) groups is 2. The Balaban J connectivity index is 1.64. The Kier molecular flexibility index (Phi) is 6.65. The smallest absolute Gasteiger partial charge is 0.262 e. The number of carbonyl (C=O) groups excluding carboxylic acids is 2. The maximum Gasteiger partial charge on any atom is 0.262 e. The predicted molar refractivity (Wildman–Crippen MR) is 119 cm³/mol. The first-order valence-corrected chi connectivity index (χ1v) is 9.75. The minimum Gasteiger partial charge on any atom is -0.484 e. The molecule has 0 aliphatic heterocycles. The number of hydrogen-bond acceptors (Lipinski definition) is 3. The van der Waals surface area contributed by atoms with Crippen molar-refractivity contribution in [2.45, 2.75) is 6.92 Å². The molecule has 0 saturated heterocycles. The number of hydrogen-bond donors (Lipinski definition) is 2. The SMILES string of the molecule is Cc1c(NC(=O)COc2ccc(I)cc2)cccc1C(=O)Nc1ccccc1. The van der Waals surface area contributed by atoms with Crippen molar-refractivity contribution >= 4 is 45.8 Å². The molecular weight excluding hydrogens is 467 g/mol. The van der Waals surface area contributed by atoms with Gasteiger partial charge in [0.1, 0.15) is 5.75 Å². The molecule has 142 valence electrons. The third-order valence-electron chi connectivity index (χ3n) is 4.07. The van der Waals surface area contributed by atoms with Gasteiger partial charge in [-0.15, -0.1) is 0 Å². The van der Waals surface area contributed by atoms with Crippen LogP contribution in [-0.2, 0) is 4.79 Å². The van der Waals surface area contributed by atoms with Gasteiger partial charge in [-0.05, 0) is 83.6 Å². The Morgan fingerprint density at radius 3 is 2.32 bits per heavy atom. The number of anilines is 2. The van der Waals surface area contributed by atoms with Crippen LogP contribution in [0.15, 0.2) is 72.8 Å². The average molecular weight is 486 g/mol. The first-order chi connectivity index (χ1) is 13.5. The zero-order valence-electron chi connectivity index (χ0n) is 15.2. The molecule has 3 aromatic carbocycles. The molecule has 0 bridgehead atoms. The van der Waals surface area contributed by atoms with Gasteiger partial charge in [-0.25, -0.2) is 0 Å². The van der Waals surface area contributed by atoms with Crippen LogP contribution in [-0.4, -0.2) is 18.4 Å². The molecule has 28 heavy (non-hydrogen) atoms. The molecule has 0 fully saturated rings. The first-order valence-electron chi connectivity index (χ1n) is 8.67. The molecular formula is C22H19IN2O3. The summed E-state index contributed by atoms with van der Waals surface area (Å²) in [6, 6.07) is 21.9. The van der Waals surface area contributed by atoms with Gasteiger partial charge < -0.3 is 15.4 Å². The van der Waals surface area contributed by atoms with E-state index in [4.69, 9.17) is 4.74 Å². The van der Waals surface area contributed by atoms with Crippen molar-refractivity contribution in [3.63, 3.8) is 0 Å². The molecule has 0 radical (unpaired) electrons. The number of rotatable bonds is 6. The molecule has 0 spiro atoms. The monoisotopic (exact) mass is 486 g/mol. The molecule has 3 rings (SSSR count). The molecule has 0 saturated carbocycles. The fraction of sp³-hybridized carbons (Fsp3) is 0.0909. The van der Waals surface area contributed by atoms with E-state index in [0.717, 1.165) is 3.57 Å². The molecule has 5 nitrogen and oxygen atoms in total.